The molecular formula is C16H21NS. The van der Waals surface area contributed by atoms with Crippen LogP contribution in [-0.2, 0) is 6.42 Å². The van der Waals surface area contributed by atoms with Crippen molar-refractivity contribution in [3.63, 3.8) is 0 Å². The van der Waals surface area contributed by atoms with E-state index in [1.54, 1.807) is 0 Å². The van der Waals surface area contributed by atoms with E-state index in [4.69, 9.17) is 0 Å². The van der Waals surface area contributed by atoms with Crippen molar-refractivity contribution in [3.8, 4) is 0 Å². The van der Waals surface area contributed by atoms with Crippen LogP contribution >= 0.6 is 11.3 Å². The molecule has 0 saturated carbocycles. The molecule has 18 heavy (non-hydrogen) atoms. The number of nitrogens with one attached hydrogen (secondary N) is 1. The van der Waals surface area contributed by atoms with Crippen molar-refractivity contribution in [3.05, 3.63) is 57.8 Å². The van der Waals surface area contributed by atoms with Gasteiger partial charge in [-0.1, -0.05) is 30.3 Å². The quantitative estimate of drug-likeness (QED) is 0.813. The second-order valence-electron chi connectivity index (χ2n) is 4.65. The SMILES string of the molecule is CNC(CCCc1ccccc1)c1ccsc1C. The third-order valence-electron chi connectivity index (χ3n) is 3.42. The Morgan fingerprint density at radius 1 is 1.17 bits per heavy atom. The van der Waals surface area contributed by atoms with Crippen molar-refractivity contribution in [1.82, 2.24) is 5.32 Å². The standard InChI is InChI=1S/C16H21NS/c1-13-15(11-12-18-13)16(17-2)10-6-9-14-7-4-3-5-8-14/h3-5,7-8,11-12,16-17H,6,9-10H2,1-2H3. The number of hydrogen-bond acceptors (Lipinski definition) is 2. The highest BCUT2D eigenvalue weighted by molar-refractivity contribution is 7.10. The first-order valence-corrected chi connectivity index (χ1v) is 7.44. The van der Waals surface area contributed by atoms with Crippen molar-refractivity contribution in [2.24, 2.45) is 0 Å². The summed E-state index contributed by atoms with van der Waals surface area (Å²) >= 11 is 1.84. The van der Waals surface area contributed by atoms with Gasteiger partial charge in [-0.2, -0.15) is 0 Å². The van der Waals surface area contributed by atoms with E-state index in [1.807, 2.05) is 11.3 Å². The zero-order chi connectivity index (χ0) is 12.8. The van der Waals surface area contributed by atoms with E-state index < -0.39 is 0 Å². The molecule has 0 bridgehead atoms. The van der Waals surface area contributed by atoms with Gasteiger partial charge in [-0.15, -0.1) is 11.3 Å². The highest BCUT2D eigenvalue weighted by Gasteiger charge is 2.12. The third-order valence-corrected chi connectivity index (χ3v) is 4.29. The molecule has 0 spiro atoms. The van der Waals surface area contributed by atoms with Gasteiger partial charge >= 0.3 is 0 Å². The van der Waals surface area contributed by atoms with Crippen LogP contribution in [0.15, 0.2) is 41.8 Å². The number of rotatable bonds is 6. The summed E-state index contributed by atoms with van der Waals surface area (Å²) in [4.78, 5) is 1.44. The molecule has 0 aliphatic carbocycles. The Balaban J connectivity index is 1.87. The predicted octanol–water partition coefficient (Wildman–Crippen LogP) is 4.34. The third kappa shape index (κ3) is 3.44. The summed E-state index contributed by atoms with van der Waals surface area (Å²) in [6, 6.07) is 13.5. The van der Waals surface area contributed by atoms with Crippen LogP contribution in [0, 0.1) is 6.92 Å². The van der Waals surface area contributed by atoms with Crippen molar-refractivity contribution in [1.29, 1.82) is 0 Å². The molecular weight excluding hydrogens is 238 g/mol. The summed E-state index contributed by atoms with van der Waals surface area (Å²) in [5.41, 5.74) is 2.91. The maximum atomic E-state index is 3.44. The van der Waals surface area contributed by atoms with Gasteiger partial charge in [0.05, 0.1) is 0 Å². The molecule has 0 aliphatic heterocycles. The predicted molar refractivity (Wildman–Crippen MR) is 80.2 cm³/mol. The second-order valence-corrected chi connectivity index (χ2v) is 5.77. The van der Waals surface area contributed by atoms with Gasteiger partial charge in [-0.3, -0.25) is 0 Å². The number of aryl methyl sites for hydroxylation is 2. The minimum absolute atomic E-state index is 0.500. The Bertz CT molecular complexity index is 461. The zero-order valence-electron chi connectivity index (χ0n) is 11.1. The molecule has 1 atom stereocenters. The first-order valence-electron chi connectivity index (χ1n) is 6.56. The molecule has 1 aromatic heterocycles. The molecule has 1 N–H and O–H groups in total. The minimum Gasteiger partial charge on any atom is -0.313 e. The Morgan fingerprint density at radius 2 is 1.94 bits per heavy atom. The molecule has 0 radical (unpaired) electrons. The number of thiophene rings is 1. The lowest BCUT2D eigenvalue weighted by Crippen LogP contribution is -2.16. The topological polar surface area (TPSA) is 12.0 Å². The van der Waals surface area contributed by atoms with E-state index in [9.17, 15) is 0 Å². The first-order chi connectivity index (χ1) is 8.81. The molecule has 1 aromatic carbocycles. The van der Waals surface area contributed by atoms with Gasteiger partial charge in [0.25, 0.3) is 0 Å². The maximum Gasteiger partial charge on any atom is 0.0328 e. The molecule has 0 saturated heterocycles. The summed E-state index contributed by atoms with van der Waals surface area (Å²) in [7, 11) is 2.06. The lowest BCUT2D eigenvalue weighted by molar-refractivity contribution is 0.526. The van der Waals surface area contributed by atoms with Crippen LogP contribution in [-0.4, -0.2) is 7.05 Å². The summed E-state index contributed by atoms with van der Waals surface area (Å²) in [6.45, 7) is 2.21. The smallest absolute Gasteiger partial charge is 0.0328 e. The number of benzene rings is 1. The molecule has 0 fully saturated rings. The van der Waals surface area contributed by atoms with Crippen molar-refractivity contribution in [2.75, 3.05) is 7.05 Å². The Morgan fingerprint density at radius 3 is 2.56 bits per heavy atom. The Hall–Kier alpha value is -1.12. The fourth-order valence-electron chi connectivity index (χ4n) is 2.37. The average molecular weight is 259 g/mol. The van der Waals surface area contributed by atoms with E-state index in [2.05, 4.69) is 61.1 Å². The van der Waals surface area contributed by atoms with Crippen molar-refractivity contribution in [2.45, 2.75) is 32.2 Å². The molecule has 1 nitrogen and oxygen atoms in total. The van der Waals surface area contributed by atoms with Crippen LogP contribution in [0.4, 0.5) is 0 Å². The molecule has 2 rings (SSSR count). The fraction of sp³-hybridized carbons (Fsp3) is 0.375. The molecule has 1 unspecified atom stereocenters. The van der Waals surface area contributed by atoms with Gasteiger partial charge in [0.1, 0.15) is 0 Å². The monoisotopic (exact) mass is 259 g/mol. The molecule has 2 heteroatoms. The summed E-state index contributed by atoms with van der Waals surface area (Å²) in [5.74, 6) is 0. The summed E-state index contributed by atoms with van der Waals surface area (Å²) < 4.78 is 0. The average Bonchev–Trinajstić information content (AvgIpc) is 2.82. The molecule has 96 valence electrons. The highest BCUT2D eigenvalue weighted by atomic mass is 32.1. The lowest BCUT2D eigenvalue weighted by atomic mass is 10.00. The molecule has 1 heterocycles. The molecule has 0 aliphatic rings. The summed E-state index contributed by atoms with van der Waals surface area (Å²) in [6.07, 6.45) is 3.59. The van der Waals surface area contributed by atoms with Gasteiger partial charge in [0.15, 0.2) is 0 Å². The summed E-state index contributed by atoms with van der Waals surface area (Å²) in [5, 5.41) is 5.62. The van der Waals surface area contributed by atoms with E-state index in [-0.39, 0.29) is 0 Å². The zero-order valence-corrected chi connectivity index (χ0v) is 12.0. The molecule has 2 aromatic rings. The normalized spacial score (nSPS) is 12.6. The van der Waals surface area contributed by atoms with Gasteiger partial charge in [0, 0.05) is 10.9 Å². The van der Waals surface area contributed by atoms with Crippen LogP contribution < -0.4 is 5.32 Å². The highest BCUT2D eigenvalue weighted by Crippen LogP contribution is 2.26. The van der Waals surface area contributed by atoms with E-state index in [0.717, 1.165) is 0 Å². The van der Waals surface area contributed by atoms with Gasteiger partial charge in [0.2, 0.25) is 0 Å². The largest absolute Gasteiger partial charge is 0.313 e. The number of hydrogen-bond donors (Lipinski definition) is 1. The van der Waals surface area contributed by atoms with Crippen molar-refractivity contribution >= 4 is 11.3 Å². The Kier molecular flexibility index (Phi) is 4.97. The Labute approximate surface area is 114 Å². The second kappa shape index (κ2) is 6.72. The van der Waals surface area contributed by atoms with Crippen LogP contribution in [0.1, 0.15) is 34.9 Å². The maximum absolute atomic E-state index is 3.44. The van der Waals surface area contributed by atoms with Crippen LogP contribution in [0.3, 0.4) is 0 Å². The van der Waals surface area contributed by atoms with E-state index in [1.165, 1.54) is 35.3 Å². The van der Waals surface area contributed by atoms with E-state index in [0.29, 0.717) is 6.04 Å². The lowest BCUT2D eigenvalue weighted by Gasteiger charge is -2.16. The van der Waals surface area contributed by atoms with Crippen LogP contribution in [0.2, 0.25) is 0 Å². The molecule has 0 amide bonds. The minimum atomic E-state index is 0.500. The van der Waals surface area contributed by atoms with Gasteiger partial charge < -0.3 is 5.32 Å². The van der Waals surface area contributed by atoms with E-state index >= 15 is 0 Å². The van der Waals surface area contributed by atoms with Crippen LogP contribution in [0.25, 0.3) is 0 Å². The first kappa shape index (κ1) is 13.3. The van der Waals surface area contributed by atoms with Crippen molar-refractivity contribution < 1.29 is 0 Å². The fourth-order valence-corrected chi connectivity index (χ4v) is 3.13. The van der Waals surface area contributed by atoms with Crippen LogP contribution in [0.5, 0.6) is 0 Å². The van der Waals surface area contributed by atoms with Gasteiger partial charge in [-0.25, -0.2) is 0 Å². The van der Waals surface area contributed by atoms with Gasteiger partial charge in [-0.05, 0) is 55.8 Å².